The van der Waals surface area contributed by atoms with Gasteiger partial charge in [-0.05, 0) is 53.9 Å². The molecule has 0 saturated carbocycles. The molecule has 364 valence electrons. The third-order valence-corrected chi connectivity index (χ3v) is 250. The number of aliphatic hydroxyl groups is 4. The second kappa shape index (κ2) is 99.8. The van der Waals surface area contributed by atoms with Gasteiger partial charge in [-0.2, -0.15) is 0 Å². The molecule has 0 aromatic carbocycles. The molecule has 0 aliphatic heterocycles. The largest absolute Gasteiger partial charge is 0.344 e. The van der Waals surface area contributed by atoms with E-state index in [1.807, 2.05) is 41.5 Å². The van der Waals surface area contributed by atoms with Gasteiger partial charge in [-0.1, -0.05) is 82.1 Å². The van der Waals surface area contributed by atoms with Crippen molar-refractivity contribution >= 4 is 164 Å². The number of rotatable bonds is 10. The smallest absolute Gasteiger partial charge is 0.344 e. The second-order valence-corrected chi connectivity index (χ2v) is 173. The molecule has 26 heteroatoms. The number of primary sulfonamides is 1. The number of aliphatic hydroxyl groups excluding tert-OH is 4. The van der Waals surface area contributed by atoms with Gasteiger partial charge in [0.05, 0.1) is 30.7 Å². The van der Waals surface area contributed by atoms with E-state index in [1.165, 1.54) is 12.8 Å². The zero-order valence-electron chi connectivity index (χ0n) is 36.1. The van der Waals surface area contributed by atoms with Gasteiger partial charge < -0.3 is 60.1 Å². The van der Waals surface area contributed by atoms with Crippen molar-refractivity contribution in [3.63, 3.8) is 0 Å². The molecule has 0 saturated heterocycles. The minimum Gasteiger partial charge on any atom is -0.344 e. The van der Waals surface area contributed by atoms with Crippen LogP contribution in [0, 0.1) is 0 Å². The van der Waals surface area contributed by atoms with Crippen molar-refractivity contribution in [2.24, 2.45) is 28.1 Å². The predicted molar refractivity (Wildman–Crippen MR) is 339 cm³/mol. The van der Waals surface area contributed by atoms with Gasteiger partial charge in [0.2, 0.25) is 10.0 Å². The molecule has 19 N–H and O–H groups in total. The van der Waals surface area contributed by atoms with Crippen LogP contribution in [0.4, 0.5) is 0 Å². The van der Waals surface area contributed by atoms with Crippen LogP contribution in [0.25, 0.3) is 0 Å². The summed E-state index contributed by atoms with van der Waals surface area (Å²) in [5, 5.41) is 44.0. The van der Waals surface area contributed by atoms with Crippen LogP contribution in [0.15, 0.2) is 0 Å². The first-order valence-electron chi connectivity index (χ1n) is 16.9. The zero-order chi connectivity index (χ0) is 46.7. The number of nitrogens with one attached hydrogen (secondary N) is 2. The standard InChI is InChI=1S/2C5H13NO.2C3H9NO.2C3H8.2C2H7N.C2H6.CH5NO2S.I6.I5.H3N/c2*1-3-6-4-5(2)7;2*1-3(5)2-4;2*1-3-2;2*1-2-3;1-2;1-5(2,3)4;1-5(2)6(3)4;1-4-5(2)3;/h2*5-7H,3-4H2,1-2H3;2*3,5H,2,4H2,1H3;2*3H2,1-2H3;2*2-3H2,1H3;1-2H3;1H3,(H2,2,3,4);;;1H3/q;;;;;;;;;;;-1;. The number of likely N-dealkylation sites (N-methyl/N-ethyl adjacent to an activating group) is 2. The predicted octanol–water partition coefficient (Wildman–Crippen LogP) is 7.32. The number of hydrogen-bond donors (Lipinski definition) is 12. The number of hydrogen-bond acceptors (Lipinski definition) is 13. The molecule has 0 aromatic heterocycles. The molecule has 0 spiro atoms. The van der Waals surface area contributed by atoms with Crippen molar-refractivity contribution in [2.75, 3.05) is 58.6 Å². The van der Waals surface area contributed by atoms with Crippen molar-refractivity contribution in [3.05, 3.63) is 0 Å². The van der Waals surface area contributed by atoms with E-state index in [0.717, 1.165) is 32.4 Å². The van der Waals surface area contributed by atoms with Gasteiger partial charge in [0.25, 0.3) is 0 Å². The molecule has 4 atom stereocenters. The van der Waals surface area contributed by atoms with Crippen molar-refractivity contribution in [3.8, 4) is 0 Å². The number of sulfonamides is 1. The molecule has 4 unspecified atom stereocenters. The van der Waals surface area contributed by atoms with Gasteiger partial charge >= 0.3 is 167 Å². The van der Waals surface area contributed by atoms with Crippen LogP contribution in [0.1, 0.15) is 110 Å². The maximum absolute atomic E-state index is 9.41. The minimum atomic E-state index is -3.17. The Labute approximate surface area is 434 Å². The van der Waals surface area contributed by atoms with Crippen LogP contribution in [-0.2, 0) is 10.0 Å². The van der Waals surface area contributed by atoms with Crippen LogP contribution in [0.2, 0.25) is 0 Å². The molecule has 0 amide bonds. The molecule has 0 radical (unpaired) electrons. The molecule has 0 rings (SSSR count). The van der Waals surface area contributed by atoms with Crippen LogP contribution in [0.3, 0.4) is 0 Å². The van der Waals surface area contributed by atoms with Crippen molar-refractivity contribution in [1.29, 1.82) is 0 Å². The first-order valence-corrected chi connectivity index (χ1v) is 75.5. The van der Waals surface area contributed by atoms with E-state index in [0.29, 0.717) is 39.4 Å². The minimum absolute atomic E-state index is 0. The average molecular weight is 2070 g/mol. The Morgan fingerprint density at radius 2 is 0.727 bits per heavy atom. The summed E-state index contributed by atoms with van der Waals surface area (Å²) < 4.78 is 18.8. The maximum Gasteiger partial charge on any atom is -0.344 e. The van der Waals surface area contributed by atoms with Gasteiger partial charge in [0.1, 0.15) is 0 Å². The molecular weight excluding hydrogens is 1980 g/mol. The number of halogens is 11. The fraction of sp³-hybridized carbons (Fsp3) is 1.00. The Hall–Kier alpha value is 7.50. The molecule has 0 bridgehead atoms. The van der Waals surface area contributed by atoms with Gasteiger partial charge in [-0.3, -0.25) is 0 Å². The molecule has 0 fully saturated rings. The van der Waals surface area contributed by atoms with Crippen molar-refractivity contribution in [1.82, 2.24) is 16.8 Å². The topological polar surface area (TPSA) is 304 Å². The third-order valence-electron chi connectivity index (χ3n) is 2.18. The van der Waals surface area contributed by atoms with E-state index in [-0.39, 0.29) is 54.2 Å². The number of nitrogens with two attached hydrogens (primary N) is 5. The summed E-state index contributed by atoms with van der Waals surface area (Å²) in [6.07, 6.45) is 2.34. The summed E-state index contributed by atoms with van der Waals surface area (Å²) >= 11 is 18.9. The van der Waals surface area contributed by atoms with Gasteiger partial charge in [0.15, 0.2) is 0 Å². The molecular formula is C29H88I11N8O6S-. The van der Waals surface area contributed by atoms with E-state index < -0.39 is 10.0 Å². The Kier molecular flexibility index (Phi) is 175. The summed E-state index contributed by atoms with van der Waals surface area (Å²) in [5.74, 6) is 0. The van der Waals surface area contributed by atoms with E-state index in [4.69, 9.17) is 43.4 Å². The van der Waals surface area contributed by atoms with Crippen LogP contribution in [-0.4, -0.2) is 112 Å². The van der Waals surface area contributed by atoms with E-state index in [1.54, 1.807) is 27.7 Å². The molecule has 14 nitrogen and oxygen atoms in total. The van der Waals surface area contributed by atoms with Crippen molar-refractivity contribution < 1.29 is 42.1 Å². The maximum atomic E-state index is 9.41. The van der Waals surface area contributed by atoms with Crippen molar-refractivity contribution in [2.45, 2.75) is 134 Å². The van der Waals surface area contributed by atoms with Crippen LogP contribution < -0.4 is 58.1 Å². The first kappa shape index (κ1) is 96.5. The third kappa shape index (κ3) is 335. The normalized spacial score (nSPS) is 11.4. The molecule has 55 heavy (non-hydrogen) atoms. The Balaban J connectivity index is -0.0000000323. The Morgan fingerprint density at radius 1 is 0.600 bits per heavy atom. The van der Waals surface area contributed by atoms with E-state index in [9.17, 15) is 8.42 Å². The summed E-state index contributed by atoms with van der Waals surface area (Å²) in [6, 6.07) is 0. The van der Waals surface area contributed by atoms with Gasteiger partial charge in [0, 0.05) is 26.2 Å². The fourth-order valence-corrected chi connectivity index (χ4v) is 0.706. The molecule has 0 aromatic rings. The summed E-state index contributed by atoms with van der Waals surface area (Å²) in [6.45, 7) is 32.7. The molecule has 0 heterocycles. The summed E-state index contributed by atoms with van der Waals surface area (Å²) in [5.41, 5.74) is 19.5. The van der Waals surface area contributed by atoms with E-state index in [2.05, 4.69) is 174 Å². The van der Waals surface area contributed by atoms with Gasteiger partial charge in [-0.15, -0.1) is 0 Å². The van der Waals surface area contributed by atoms with E-state index >= 15 is 0 Å². The quantitative estimate of drug-likeness (QED) is 0.0956. The Morgan fingerprint density at radius 3 is 0.745 bits per heavy atom. The molecule has 0 aliphatic carbocycles. The average Bonchev–Trinajstić information content (AvgIpc) is 3.05. The summed E-state index contributed by atoms with van der Waals surface area (Å²) in [7, 11) is -4.04. The van der Waals surface area contributed by atoms with Gasteiger partial charge in [-0.25, -0.2) is 13.6 Å². The summed E-state index contributed by atoms with van der Waals surface area (Å²) in [4.78, 5) is 0. The Bertz CT molecular complexity index is 557. The van der Waals surface area contributed by atoms with Crippen LogP contribution in [0.5, 0.6) is 0 Å². The zero-order valence-corrected chi connectivity index (χ0v) is 60.7. The second-order valence-electron chi connectivity index (χ2n) is 9.08. The monoisotopic (exact) mass is 2070 g/mol. The first-order chi connectivity index (χ1) is 24.6. The van der Waals surface area contributed by atoms with Crippen LogP contribution >= 0.6 is 154 Å². The fourth-order valence-electron chi connectivity index (χ4n) is 0.706. The molecule has 0 aliphatic rings. The SMILES string of the molecule is CC.CC(O)CN.CC(O)CN.CCC.CCC.CCN.CCN.CCNCC(C)O.CCNCC(C)O.CS(N)(=O)=O.II(I)I(I)I.I[I-]I(I)I.N.